The van der Waals surface area contributed by atoms with Crippen LogP contribution in [0.5, 0.6) is 0 Å². The second kappa shape index (κ2) is 7.36. The molecule has 1 aliphatic rings. The summed E-state index contributed by atoms with van der Waals surface area (Å²) in [6.45, 7) is 1.17. The van der Waals surface area contributed by atoms with Crippen LogP contribution in [-0.4, -0.2) is 18.5 Å². The van der Waals surface area contributed by atoms with Gasteiger partial charge in [0.2, 0.25) is 5.91 Å². The number of hydrogen-bond acceptors (Lipinski definition) is 2. The zero-order valence-electron chi connectivity index (χ0n) is 13.1. The molecule has 1 saturated heterocycles. The number of hydrogen-bond donors (Lipinski definition) is 2. The van der Waals surface area contributed by atoms with E-state index in [1.807, 2.05) is 24.3 Å². The van der Waals surface area contributed by atoms with Gasteiger partial charge >= 0.3 is 6.03 Å². The molecular weight excluding hydrogens is 326 g/mol. The Morgan fingerprint density at radius 3 is 2.54 bits per heavy atom. The summed E-state index contributed by atoms with van der Waals surface area (Å²) in [6, 6.07) is 14.4. The second-order valence-electron chi connectivity index (χ2n) is 5.60. The lowest BCUT2D eigenvalue weighted by Crippen LogP contribution is -2.28. The van der Waals surface area contributed by atoms with Gasteiger partial charge in [-0.1, -0.05) is 35.9 Å². The van der Waals surface area contributed by atoms with Crippen LogP contribution in [0.2, 0.25) is 5.02 Å². The maximum Gasteiger partial charge on any atom is 0.319 e. The van der Waals surface area contributed by atoms with Crippen LogP contribution < -0.4 is 15.5 Å². The molecule has 3 amide bonds. The number of carbonyl (C=O) groups is 2. The summed E-state index contributed by atoms with van der Waals surface area (Å²) in [5.74, 6) is 0.167. The number of anilines is 2. The molecule has 6 heteroatoms. The SMILES string of the molecule is O=C(NCc1ccc(N2CCCC2=O)cc1)Nc1ccccc1Cl. The summed E-state index contributed by atoms with van der Waals surface area (Å²) < 4.78 is 0. The molecule has 24 heavy (non-hydrogen) atoms. The van der Waals surface area contributed by atoms with Gasteiger partial charge in [0.1, 0.15) is 0 Å². The van der Waals surface area contributed by atoms with E-state index in [1.165, 1.54) is 0 Å². The van der Waals surface area contributed by atoms with Gasteiger partial charge in [0, 0.05) is 25.2 Å². The first-order chi connectivity index (χ1) is 11.6. The largest absolute Gasteiger partial charge is 0.334 e. The highest BCUT2D eigenvalue weighted by Crippen LogP contribution is 2.22. The molecule has 1 fully saturated rings. The standard InChI is InChI=1S/C18H18ClN3O2/c19-15-4-1-2-5-16(15)21-18(24)20-12-13-7-9-14(10-8-13)22-11-3-6-17(22)23/h1-2,4-5,7-10H,3,6,11-12H2,(H2,20,21,24). The lowest BCUT2D eigenvalue weighted by atomic mass is 10.2. The van der Waals surface area contributed by atoms with Crippen LogP contribution >= 0.6 is 11.6 Å². The third-order valence-corrected chi connectivity index (χ3v) is 4.23. The van der Waals surface area contributed by atoms with Gasteiger partial charge < -0.3 is 15.5 Å². The number of halogens is 1. The smallest absolute Gasteiger partial charge is 0.319 e. The molecule has 0 aliphatic carbocycles. The third kappa shape index (κ3) is 3.86. The van der Waals surface area contributed by atoms with Gasteiger partial charge in [0.15, 0.2) is 0 Å². The first-order valence-corrected chi connectivity index (χ1v) is 8.20. The third-order valence-electron chi connectivity index (χ3n) is 3.90. The van der Waals surface area contributed by atoms with Crippen LogP contribution in [0.1, 0.15) is 18.4 Å². The molecule has 0 bridgehead atoms. The maximum absolute atomic E-state index is 11.9. The summed E-state index contributed by atoms with van der Waals surface area (Å²) in [6.07, 6.45) is 1.52. The van der Waals surface area contributed by atoms with Crippen molar-refractivity contribution in [3.05, 3.63) is 59.1 Å². The molecule has 5 nitrogen and oxygen atoms in total. The first kappa shape index (κ1) is 16.3. The van der Waals surface area contributed by atoms with Crippen molar-refractivity contribution in [3.63, 3.8) is 0 Å². The molecule has 0 unspecified atom stereocenters. The Morgan fingerprint density at radius 1 is 1.12 bits per heavy atom. The van der Waals surface area contributed by atoms with Crippen molar-refractivity contribution in [2.24, 2.45) is 0 Å². The van der Waals surface area contributed by atoms with Gasteiger partial charge in [0.25, 0.3) is 0 Å². The summed E-state index contributed by atoms with van der Waals surface area (Å²) in [7, 11) is 0. The van der Waals surface area contributed by atoms with Crippen molar-refractivity contribution in [2.75, 3.05) is 16.8 Å². The highest BCUT2D eigenvalue weighted by atomic mass is 35.5. The van der Waals surface area contributed by atoms with Gasteiger partial charge in [-0.15, -0.1) is 0 Å². The van der Waals surface area contributed by atoms with E-state index in [2.05, 4.69) is 10.6 Å². The van der Waals surface area contributed by atoms with E-state index >= 15 is 0 Å². The average molecular weight is 344 g/mol. The molecule has 0 radical (unpaired) electrons. The number of para-hydroxylation sites is 1. The monoisotopic (exact) mass is 343 g/mol. The van der Waals surface area contributed by atoms with E-state index in [9.17, 15) is 9.59 Å². The number of rotatable bonds is 4. The van der Waals surface area contributed by atoms with Crippen LogP contribution in [0.3, 0.4) is 0 Å². The van der Waals surface area contributed by atoms with Crippen LogP contribution in [0.4, 0.5) is 16.2 Å². The Labute approximate surface area is 145 Å². The minimum absolute atomic E-state index is 0.167. The predicted molar refractivity (Wildman–Crippen MR) is 95.3 cm³/mol. The number of nitrogens with one attached hydrogen (secondary N) is 2. The number of urea groups is 1. The van der Waals surface area contributed by atoms with Crippen molar-refractivity contribution in [1.29, 1.82) is 0 Å². The lowest BCUT2D eigenvalue weighted by molar-refractivity contribution is -0.117. The Morgan fingerprint density at radius 2 is 1.88 bits per heavy atom. The molecular formula is C18H18ClN3O2. The summed E-state index contributed by atoms with van der Waals surface area (Å²) in [4.78, 5) is 25.4. The van der Waals surface area contributed by atoms with Crippen molar-refractivity contribution in [2.45, 2.75) is 19.4 Å². The predicted octanol–water partition coefficient (Wildman–Crippen LogP) is 3.79. The molecule has 0 spiro atoms. The second-order valence-corrected chi connectivity index (χ2v) is 6.01. The van der Waals surface area contributed by atoms with Crippen LogP contribution in [0, 0.1) is 0 Å². The van der Waals surface area contributed by atoms with Crippen molar-refractivity contribution >= 4 is 34.9 Å². The number of carbonyl (C=O) groups excluding carboxylic acids is 2. The molecule has 1 heterocycles. The van der Waals surface area contributed by atoms with Gasteiger partial charge in [-0.2, -0.15) is 0 Å². The molecule has 2 aromatic carbocycles. The Balaban J connectivity index is 1.54. The molecule has 0 saturated carbocycles. The minimum Gasteiger partial charge on any atom is -0.334 e. The normalized spacial score (nSPS) is 13.9. The molecule has 2 N–H and O–H groups in total. The fourth-order valence-corrected chi connectivity index (χ4v) is 2.81. The van der Waals surface area contributed by atoms with E-state index in [0.29, 0.717) is 23.7 Å². The van der Waals surface area contributed by atoms with Crippen molar-refractivity contribution in [1.82, 2.24) is 5.32 Å². The summed E-state index contributed by atoms with van der Waals surface area (Å²) >= 11 is 6.00. The van der Waals surface area contributed by atoms with E-state index in [0.717, 1.165) is 24.2 Å². The fraction of sp³-hybridized carbons (Fsp3) is 0.222. The Kier molecular flexibility index (Phi) is 5.01. The Hall–Kier alpha value is -2.53. The van der Waals surface area contributed by atoms with Crippen molar-refractivity contribution < 1.29 is 9.59 Å². The van der Waals surface area contributed by atoms with Crippen LogP contribution in [0.15, 0.2) is 48.5 Å². The molecule has 3 rings (SSSR count). The summed E-state index contributed by atoms with van der Waals surface area (Å²) in [5.41, 5.74) is 2.43. The average Bonchev–Trinajstić information content (AvgIpc) is 3.02. The van der Waals surface area contributed by atoms with E-state index < -0.39 is 0 Å². The highest BCUT2D eigenvalue weighted by molar-refractivity contribution is 6.33. The highest BCUT2D eigenvalue weighted by Gasteiger charge is 2.21. The van der Waals surface area contributed by atoms with Gasteiger partial charge in [0.05, 0.1) is 10.7 Å². The van der Waals surface area contributed by atoms with E-state index in [1.54, 1.807) is 29.2 Å². The zero-order chi connectivity index (χ0) is 16.9. The number of nitrogens with zero attached hydrogens (tertiary/aromatic N) is 1. The van der Waals surface area contributed by atoms with E-state index in [-0.39, 0.29) is 11.9 Å². The summed E-state index contributed by atoms with van der Waals surface area (Å²) in [5, 5.41) is 5.98. The van der Waals surface area contributed by atoms with Crippen LogP contribution in [-0.2, 0) is 11.3 Å². The molecule has 1 aliphatic heterocycles. The minimum atomic E-state index is -0.318. The fourth-order valence-electron chi connectivity index (χ4n) is 2.63. The lowest BCUT2D eigenvalue weighted by Gasteiger charge is -2.16. The number of amides is 3. The molecule has 0 aromatic heterocycles. The maximum atomic E-state index is 11.9. The van der Waals surface area contributed by atoms with Crippen molar-refractivity contribution in [3.8, 4) is 0 Å². The molecule has 124 valence electrons. The topological polar surface area (TPSA) is 61.4 Å². The number of benzene rings is 2. The van der Waals surface area contributed by atoms with Gasteiger partial charge in [-0.05, 0) is 36.2 Å². The first-order valence-electron chi connectivity index (χ1n) is 7.82. The van der Waals surface area contributed by atoms with E-state index in [4.69, 9.17) is 11.6 Å². The van der Waals surface area contributed by atoms with Gasteiger partial charge in [-0.25, -0.2) is 4.79 Å². The Bertz CT molecular complexity index is 746. The molecule has 0 atom stereocenters. The van der Waals surface area contributed by atoms with Crippen LogP contribution in [0.25, 0.3) is 0 Å². The van der Waals surface area contributed by atoms with Gasteiger partial charge in [-0.3, -0.25) is 4.79 Å². The quantitative estimate of drug-likeness (QED) is 0.887. The zero-order valence-corrected chi connectivity index (χ0v) is 13.8. The molecule has 2 aromatic rings.